The highest BCUT2D eigenvalue weighted by Crippen LogP contribution is 2.26. The lowest BCUT2D eigenvalue weighted by Crippen LogP contribution is -2.39. The summed E-state index contributed by atoms with van der Waals surface area (Å²) in [5, 5.41) is 3.53. The lowest BCUT2D eigenvalue weighted by Gasteiger charge is -2.29. The zero-order valence-electron chi connectivity index (χ0n) is 13.2. The number of likely N-dealkylation sites (N-methyl/N-ethyl adjacent to an activating group) is 1. The van der Waals surface area contributed by atoms with Crippen molar-refractivity contribution in [1.29, 1.82) is 0 Å². The van der Waals surface area contributed by atoms with Gasteiger partial charge in [-0.1, -0.05) is 19.1 Å². The van der Waals surface area contributed by atoms with Crippen LogP contribution in [0.25, 0.3) is 0 Å². The monoisotopic (exact) mass is 288 g/mol. The molecule has 1 unspecified atom stereocenters. The smallest absolute Gasteiger partial charge is 0.122 e. The van der Waals surface area contributed by atoms with E-state index in [0.717, 1.165) is 37.7 Å². The van der Waals surface area contributed by atoms with Crippen LogP contribution in [0, 0.1) is 5.92 Å². The summed E-state index contributed by atoms with van der Waals surface area (Å²) in [6, 6.07) is 6.73. The number of nitrogens with zero attached hydrogens (tertiary/aromatic N) is 1. The van der Waals surface area contributed by atoms with E-state index in [1.54, 1.807) is 0 Å². The molecule has 3 rings (SSSR count). The fourth-order valence-electron chi connectivity index (χ4n) is 3.51. The Labute approximate surface area is 128 Å². The van der Waals surface area contributed by atoms with Crippen LogP contribution >= 0.6 is 0 Å². The molecular formula is C18H28N2O. The third-order valence-electron chi connectivity index (χ3n) is 4.83. The minimum Gasteiger partial charge on any atom is -0.493 e. The first kappa shape index (κ1) is 14.9. The quantitative estimate of drug-likeness (QED) is 0.870. The molecule has 0 saturated carbocycles. The van der Waals surface area contributed by atoms with Crippen molar-refractivity contribution < 1.29 is 4.74 Å². The predicted molar refractivity (Wildman–Crippen MR) is 87.1 cm³/mol. The molecule has 21 heavy (non-hydrogen) atoms. The van der Waals surface area contributed by atoms with E-state index in [1.807, 2.05) is 0 Å². The van der Waals surface area contributed by atoms with E-state index in [2.05, 4.69) is 35.3 Å². The van der Waals surface area contributed by atoms with Gasteiger partial charge in [0.2, 0.25) is 0 Å². The van der Waals surface area contributed by atoms with E-state index in [9.17, 15) is 0 Å². The van der Waals surface area contributed by atoms with E-state index in [4.69, 9.17) is 4.74 Å². The van der Waals surface area contributed by atoms with Crippen molar-refractivity contribution in [2.45, 2.75) is 32.6 Å². The van der Waals surface area contributed by atoms with Crippen LogP contribution in [-0.2, 0) is 12.8 Å². The second-order valence-electron chi connectivity index (χ2n) is 6.40. The molecule has 1 atom stereocenters. The van der Waals surface area contributed by atoms with Gasteiger partial charge in [0, 0.05) is 19.5 Å². The van der Waals surface area contributed by atoms with Gasteiger partial charge in [-0.25, -0.2) is 0 Å². The summed E-state index contributed by atoms with van der Waals surface area (Å²) in [5.41, 5.74) is 2.85. The largest absolute Gasteiger partial charge is 0.493 e. The van der Waals surface area contributed by atoms with Gasteiger partial charge in [-0.2, -0.15) is 0 Å². The first-order valence-corrected chi connectivity index (χ1v) is 8.53. The Morgan fingerprint density at radius 2 is 2.33 bits per heavy atom. The molecule has 1 aromatic rings. The van der Waals surface area contributed by atoms with Gasteiger partial charge in [0.1, 0.15) is 5.75 Å². The van der Waals surface area contributed by atoms with Crippen molar-refractivity contribution in [3.63, 3.8) is 0 Å². The molecule has 0 aromatic heterocycles. The Bertz CT molecular complexity index is 455. The van der Waals surface area contributed by atoms with Crippen LogP contribution < -0.4 is 10.1 Å². The summed E-state index contributed by atoms with van der Waals surface area (Å²) < 4.78 is 5.58. The molecule has 2 aliphatic heterocycles. The predicted octanol–water partition coefficient (Wildman–Crippen LogP) is 2.49. The molecule has 1 fully saturated rings. The number of rotatable bonds is 6. The van der Waals surface area contributed by atoms with Gasteiger partial charge >= 0.3 is 0 Å². The fourth-order valence-corrected chi connectivity index (χ4v) is 3.51. The Morgan fingerprint density at radius 1 is 1.38 bits per heavy atom. The minimum absolute atomic E-state index is 0.840. The highest BCUT2D eigenvalue weighted by molar-refractivity contribution is 5.39. The number of piperidine rings is 1. The van der Waals surface area contributed by atoms with E-state index >= 15 is 0 Å². The maximum atomic E-state index is 5.58. The Balaban J connectivity index is 1.50. The average molecular weight is 288 g/mol. The Kier molecular flexibility index (Phi) is 5.15. The van der Waals surface area contributed by atoms with E-state index in [0.29, 0.717) is 0 Å². The topological polar surface area (TPSA) is 24.5 Å². The third kappa shape index (κ3) is 3.98. The number of fused-ring (bicyclic) bond motifs is 1. The lowest BCUT2D eigenvalue weighted by molar-refractivity contribution is 0.218. The van der Waals surface area contributed by atoms with E-state index in [-0.39, 0.29) is 0 Å². The summed E-state index contributed by atoms with van der Waals surface area (Å²) >= 11 is 0. The third-order valence-corrected chi connectivity index (χ3v) is 4.83. The Hall–Kier alpha value is -1.06. The SMILES string of the molecule is CCN(CCc1ccc2c(c1)CCO2)CC1CCCNC1. The molecule has 0 amide bonds. The van der Waals surface area contributed by atoms with Gasteiger partial charge in [0.15, 0.2) is 0 Å². The maximum absolute atomic E-state index is 5.58. The van der Waals surface area contributed by atoms with Gasteiger partial charge in [-0.15, -0.1) is 0 Å². The van der Waals surface area contributed by atoms with Crippen molar-refractivity contribution in [2.24, 2.45) is 5.92 Å². The van der Waals surface area contributed by atoms with Crippen LogP contribution in [0.2, 0.25) is 0 Å². The molecule has 1 saturated heterocycles. The van der Waals surface area contributed by atoms with Gasteiger partial charge in [-0.3, -0.25) is 0 Å². The number of hydrogen-bond donors (Lipinski definition) is 1. The highest BCUT2D eigenvalue weighted by atomic mass is 16.5. The number of hydrogen-bond acceptors (Lipinski definition) is 3. The summed E-state index contributed by atoms with van der Waals surface area (Å²) in [5.74, 6) is 1.94. The number of benzene rings is 1. The van der Waals surface area contributed by atoms with Crippen molar-refractivity contribution in [2.75, 3.05) is 39.3 Å². The summed E-state index contributed by atoms with van der Waals surface area (Å²) in [6.07, 6.45) is 4.96. The summed E-state index contributed by atoms with van der Waals surface area (Å²) in [7, 11) is 0. The summed E-state index contributed by atoms with van der Waals surface area (Å²) in [6.45, 7) is 9.13. The molecule has 3 heteroatoms. The van der Waals surface area contributed by atoms with Crippen molar-refractivity contribution in [3.8, 4) is 5.75 Å². The molecule has 0 spiro atoms. The lowest BCUT2D eigenvalue weighted by atomic mass is 9.98. The molecule has 1 aromatic carbocycles. The Morgan fingerprint density at radius 3 is 3.14 bits per heavy atom. The summed E-state index contributed by atoms with van der Waals surface area (Å²) in [4.78, 5) is 2.61. The molecule has 2 aliphatic rings. The standard InChI is InChI=1S/C18H28N2O/c1-2-20(14-16-4-3-9-19-13-16)10-7-15-5-6-18-17(12-15)8-11-21-18/h5-6,12,16,19H,2-4,7-11,13-14H2,1H3. The van der Waals surface area contributed by atoms with Gasteiger partial charge in [0.25, 0.3) is 0 Å². The molecule has 0 bridgehead atoms. The highest BCUT2D eigenvalue weighted by Gasteiger charge is 2.16. The zero-order valence-corrected chi connectivity index (χ0v) is 13.2. The van der Waals surface area contributed by atoms with Crippen LogP contribution in [0.15, 0.2) is 18.2 Å². The molecule has 0 aliphatic carbocycles. The van der Waals surface area contributed by atoms with Gasteiger partial charge in [-0.05, 0) is 62.0 Å². The van der Waals surface area contributed by atoms with Crippen LogP contribution in [0.4, 0.5) is 0 Å². The van der Waals surface area contributed by atoms with E-state index < -0.39 is 0 Å². The molecule has 0 radical (unpaired) electrons. The number of nitrogens with one attached hydrogen (secondary N) is 1. The normalized spacial score (nSPS) is 21.3. The number of ether oxygens (including phenoxy) is 1. The second-order valence-corrected chi connectivity index (χ2v) is 6.40. The maximum Gasteiger partial charge on any atom is 0.122 e. The molecule has 3 nitrogen and oxygen atoms in total. The van der Waals surface area contributed by atoms with Crippen LogP contribution in [0.5, 0.6) is 5.75 Å². The molecule has 116 valence electrons. The first-order valence-electron chi connectivity index (χ1n) is 8.53. The molecular weight excluding hydrogens is 260 g/mol. The van der Waals surface area contributed by atoms with Crippen molar-refractivity contribution in [1.82, 2.24) is 10.2 Å². The van der Waals surface area contributed by atoms with Crippen LogP contribution in [-0.4, -0.2) is 44.2 Å². The molecule has 1 N–H and O–H groups in total. The van der Waals surface area contributed by atoms with Gasteiger partial charge in [0.05, 0.1) is 6.61 Å². The van der Waals surface area contributed by atoms with Gasteiger partial charge < -0.3 is 15.0 Å². The van der Waals surface area contributed by atoms with Crippen molar-refractivity contribution in [3.05, 3.63) is 29.3 Å². The minimum atomic E-state index is 0.840. The molecule has 2 heterocycles. The van der Waals surface area contributed by atoms with Crippen LogP contribution in [0.1, 0.15) is 30.9 Å². The average Bonchev–Trinajstić information content (AvgIpc) is 3.00. The fraction of sp³-hybridized carbons (Fsp3) is 0.667. The first-order chi connectivity index (χ1) is 10.3. The zero-order chi connectivity index (χ0) is 14.5. The second kappa shape index (κ2) is 7.28. The van der Waals surface area contributed by atoms with Crippen LogP contribution in [0.3, 0.4) is 0 Å². The van der Waals surface area contributed by atoms with Crippen molar-refractivity contribution >= 4 is 0 Å². The van der Waals surface area contributed by atoms with E-state index in [1.165, 1.54) is 50.1 Å².